The topological polar surface area (TPSA) is 51.2 Å². The highest BCUT2D eigenvalue weighted by Crippen LogP contribution is 2.25. The Morgan fingerprint density at radius 1 is 1.24 bits per heavy atom. The van der Waals surface area contributed by atoms with E-state index in [9.17, 15) is 4.79 Å². The van der Waals surface area contributed by atoms with E-state index in [1.54, 1.807) is 35.6 Å². The Bertz CT molecular complexity index is 908. The Kier molecular flexibility index (Phi) is 5.36. The first-order chi connectivity index (χ1) is 12.0. The van der Waals surface area contributed by atoms with Crippen LogP contribution in [-0.2, 0) is 6.61 Å². The number of anilines is 1. The molecule has 0 saturated carbocycles. The molecule has 1 N–H and O–H groups in total. The average molecular weight is 373 g/mol. The van der Waals surface area contributed by atoms with E-state index in [0.717, 1.165) is 16.3 Å². The van der Waals surface area contributed by atoms with Crippen LogP contribution in [0, 0.1) is 13.8 Å². The SMILES string of the molecule is Cc1ccc(NC(=O)c2ccccc2OCc2csc(C)n2)c(Cl)c1. The highest BCUT2D eigenvalue weighted by molar-refractivity contribution is 7.09. The van der Waals surface area contributed by atoms with Gasteiger partial charge in [0.15, 0.2) is 0 Å². The Morgan fingerprint density at radius 2 is 2.04 bits per heavy atom. The van der Waals surface area contributed by atoms with Crippen LogP contribution < -0.4 is 10.1 Å². The van der Waals surface area contributed by atoms with Gasteiger partial charge in [-0.25, -0.2) is 4.98 Å². The molecule has 0 spiro atoms. The van der Waals surface area contributed by atoms with Crippen LogP contribution in [0.25, 0.3) is 0 Å². The fraction of sp³-hybridized carbons (Fsp3) is 0.158. The van der Waals surface area contributed by atoms with Crippen LogP contribution in [0.15, 0.2) is 47.8 Å². The smallest absolute Gasteiger partial charge is 0.259 e. The predicted octanol–water partition coefficient (Wildman–Crippen LogP) is 5.24. The monoisotopic (exact) mass is 372 g/mol. The lowest BCUT2D eigenvalue weighted by Crippen LogP contribution is -2.14. The molecular formula is C19H17ClN2O2S. The number of hydrogen-bond donors (Lipinski definition) is 1. The number of thiazole rings is 1. The van der Waals surface area contributed by atoms with E-state index in [1.807, 2.05) is 37.4 Å². The van der Waals surface area contributed by atoms with E-state index < -0.39 is 0 Å². The molecule has 4 nitrogen and oxygen atoms in total. The van der Waals surface area contributed by atoms with Gasteiger partial charge in [0.1, 0.15) is 12.4 Å². The van der Waals surface area contributed by atoms with Gasteiger partial charge in [0.05, 0.1) is 27.0 Å². The van der Waals surface area contributed by atoms with Crippen LogP contribution in [0.2, 0.25) is 5.02 Å². The van der Waals surface area contributed by atoms with Crippen LogP contribution in [0.4, 0.5) is 5.69 Å². The summed E-state index contributed by atoms with van der Waals surface area (Å²) in [5.41, 5.74) is 2.90. The van der Waals surface area contributed by atoms with Crippen LogP contribution in [-0.4, -0.2) is 10.9 Å². The van der Waals surface area contributed by atoms with Crippen molar-refractivity contribution < 1.29 is 9.53 Å². The van der Waals surface area contributed by atoms with Gasteiger partial charge in [0.2, 0.25) is 0 Å². The zero-order valence-corrected chi connectivity index (χ0v) is 15.4. The molecule has 0 bridgehead atoms. The molecular weight excluding hydrogens is 356 g/mol. The molecule has 1 heterocycles. The van der Waals surface area contributed by atoms with Crippen LogP contribution >= 0.6 is 22.9 Å². The molecule has 0 saturated heterocycles. The zero-order chi connectivity index (χ0) is 17.8. The number of benzene rings is 2. The van der Waals surface area contributed by atoms with Gasteiger partial charge in [-0.15, -0.1) is 11.3 Å². The Labute approximate surface area is 155 Å². The third-order valence-corrected chi connectivity index (χ3v) is 4.68. The summed E-state index contributed by atoms with van der Waals surface area (Å²) in [6.45, 7) is 4.21. The summed E-state index contributed by atoms with van der Waals surface area (Å²) in [4.78, 5) is 17.0. The minimum Gasteiger partial charge on any atom is -0.486 e. The minimum atomic E-state index is -0.268. The third-order valence-electron chi connectivity index (χ3n) is 3.55. The van der Waals surface area contributed by atoms with Crippen molar-refractivity contribution in [2.75, 3.05) is 5.32 Å². The summed E-state index contributed by atoms with van der Waals surface area (Å²) < 4.78 is 5.80. The molecule has 3 aromatic rings. The van der Waals surface area contributed by atoms with Gasteiger partial charge < -0.3 is 10.1 Å². The molecule has 0 aliphatic heterocycles. The summed E-state index contributed by atoms with van der Waals surface area (Å²) in [5.74, 6) is 0.240. The molecule has 6 heteroatoms. The van der Waals surface area contributed by atoms with Gasteiger partial charge >= 0.3 is 0 Å². The lowest BCUT2D eigenvalue weighted by Gasteiger charge is -2.12. The number of aromatic nitrogens is 1. The lowest BCUT2D eigenvalue weighted by atomic mass is 10.1. The van der Waals surface area contributed by atoms with Crippen LogP contribution in [0.5, 0.6) is 5.75 Å². The quantitative estimate of drug-likeness (QED) is 0.665. The van der Waals surface area contributed by atoms with Crippen molar-refractivity contribution in [2.24, 2.45) is 0 Å². The molecule has 1 aromatic heterocycles. The highest BCUT2D eigenvalue weighted by atomic mass is 35.5. The van der Waals surface area contributed by atoms with E-state index >= 15 is 0 Å². The summed E-state index contributed by atoms with van der Waals surface area (Å²) in [5, 5.41) is 6.27. The maximum absolute atomic E-state index is 12.6. The van der Waals surface area contributed by atoms with Crippen molar-refractivity contribution in [3.63, 3.8) is 0 Å². The van der Waals surface area contributed by atoms with Gasteiger partial charge in [-0.1, -0.05) is 29.8 Å². The summed E-state index contributed by atoms with van der Waals surface area (Å²) in [6.07, 6.45) is 0. The normalized spacial score (nSPS) is 10.5. The average Bonchev–Trinajstić information content (AvgIpc) is 3.01. The standard InChI is InChI=1S/C19H17ClN2O2S/c1-12-7-8-17(16(20)9-12)22-19(23)15-5-3-4-6-18(15)24-10-14-11-25-13(2)21-14/h3-9,11H,10H2,1-2H3,(H,22,23). The maximum Gasteiger partial charge on any atom is 0.259 e. The van der Waals surface area contributed by atoms with Crippen molar-refractivity contribution in [1.82, 2.24) is 4.98 Å². The number of carbonyl (C=O) groups is 1. The van der Waals surface area contributed by atoms with Crippen molar-refractivity contribution in [1.29, 1.82) is 0 Å². The summed E-state index contributed by atoms with van der Waals surface area (Å²) in [6, 6.07) is 12.6. The van der Waals surface area contributed by atoms with E-state index in [1.165, 1.54) is 0 Å². The number of hydrogen-bond acceptors (Lipinski definition) is 4. The third kappa shape index (κ3) is 4.38. The van der Waals surface area contributed by atoms with Crippen molar-refractivity contribution in [2.45, 2.75) is 20.5 Å². The van der Waals surface area contributed by atoms with Gasteiger partial charge in [-0.3, -0.25) is 4.79 Å². The summed E-state index contributed by atoms with van der Waals surface area (Å²) >= 11 is 7.76. The number of aryl methyl sites for hydroxylation is 2. The second-order valence-corrected chi connectivity index (χ2v) is 7.05. The first-order valence-corrected chi connectivity index (χ1v) is 8.99. The van der Waals surface area contributed by atoms with Gasteiger partial charge in [-0.05, 0) is 43.7 Å². The number of carbonyl (C=O) groups excluding carboxylic acids is 1. The Morgan fingerprint density at radius 3 is 2.76 bits per heavy atom. The fourth-order valence-electron chi connectivity index (χ4n) is 2.32. The van der Waals surface area contributed by atoms with Crippen LogP contribution in [0.1, 0.15) is 26.6 Å². The predicted molar refractivity (Wildman–Crippen MR) is 102 cm³/mol. The number of rotatable bonds is 5. The largest absolute Gasteiger partial charge is 0.486 e. The molecule has 0 fully saturated rings. The fourth-order valence-corrected chi connectivity index (χ4v) is 3.20. The van der Waals surface area contributed by atoms with Crippen molar-refractivity contribution in [3.05, 3.63) is 74.7 Å². The molecule has 0 aliphatic carbocycles. The Balaban J connectivity index is 1.76. The summed E-state index contributed by atoms with van der Waals surface area (Å²) in [7, 11) is 0. The minimum absolute atomic E-state index is 0.268. The number of ether oxygens (including phenoxy) is 1. The first kappa shape index (κ1) is 17.5. The molecule has 1 amide bonds. The molecule has 0 aliphatic rings. The number of nitrogens with one attached hydrogen (secondary N) is 1. The number of nitrogens with zero attached hydrogens (tertiary/aromatic N) is 1. The number of para-hydroxylation sites is 1. The molecule has 128 valence electrons. The van der Waals surface area contributed by atoms with Crippen molar-refractivity contribution >= 4 is 34.5 Å². The molecule has 3 rings (SSSR count). The maximum atomic E-state index is 12.6. The van der Waals surface area contributed by atoms with Gasteiger partial charge in [-0.2, -0.15) is 0 Å². The number of halogens is 1. The van der Waals surface area contributed by atoms with Crippen molar-refractivity contribution in [3.8, 4) is 5.75 Å². The van der Waals surface area contributed by atoms with Gasteiger partial charge in [0, 0.05) is 5.38 Å². The van der Waals surface area contributed by atoms with E-state index in [0.29, 0.717) is 28.6 Å². The van der Waals surface area contributed by atoms with E-state index in [4.69, 9.17) is 16.3 Å². The van der Waals surface area contributed by atoms with E-state index in [-0.39, 0.29) is 5.91 Å². The number of amides is 1. The second kappa shape index (κ2) is 7.68. The Hall–Kier alpha value is -2.37. The van der Waals surface area contributed by atoms with Crippen LogP contribution in [0.3, 0.4) is 0 Å². The molecule has 0 atom stereocenters. The van der Waals surface area contributed by atoms with Gasteiger partial charge in [0.25, 0.3) is 5.91 Å². The second-order valence-electron chi connectivity index (χ2n) is 5.58. The molecule has 0 unspecified atom stereocenters. The lowest BCUT2D eigenvalue weighted by molar-refractivity contribution is 0.102. The molecule has 25 heavy (non-hydrogen) atoms. The first-order valence-electron chi connectivity index (χ1n) is 7.73. The molecule has 2 aromatic carbocycles. The highest BCUT2D eigenvalue weighted by Gasteiger charge is 2.14. The zero-order valence-electron chi connectivity index (χ0n) is 13.9. The molecule has 0 radical (unpaired) electrons. The van der Waals surface area contributed by atoms with E-state index in [2.05, 4.69) is 10.3 Å².